The molecule has 3 aliphatic rings. The fourth-order valence-corrected chi connectivity index (χ4v) is 6.62. The average Bonchev–Trinajstić information content (AvgIpc) is 3.80. The van der Waals surface area contributed by atoms with Gasteiger partial charge >= 0.3 is 6.03 Å². The first-order chi connectivity index (χ1) is 22.1. The van der Waals surface area contributed by atoms with Gasteiger partial charge in [-0.15, -0.1) is 0 Å². The van der Waals surface area contributed by atoms with Crippen molar-refractivity contribution >= 4 is 64.0 Å². The van der Waals surface area contributed by atoms with Gasteiger partial charge in [0.15, 0.2) is 5.82 Å². The summed E-state index contributed by atoms with van der Waals surface area (Å²) in [6.07, 6.45) is 12.1. The van der Waals surface area contributed by atoms with E-state index in [0.717, 1.165) is 23.4 Å². The van der Waals surface area contributed by atoms with Crippen LogP contribution in [0.4, 0.5) is 28.1 Å². The standard InChI is InChI=1S/C31H33Cl2N9O4/c1-6-24(43)35-20-15-41(29-19(14-39(2)38-29)17-9-7-8-10-17)16-21(20)36-30-34-12-18-13-42(31(44)40(3)28(18)37-30)27-25(32)22(45-4)11-23(46-5)26(27)33/h6-7,9-12,14,20-21H,1,8,13,15-16H2,2-5H3,(H,35,43)(H,34,36,37). The highest BCUT2D eigenvalue weighted by Crippen LogP contribution is 2.47. The van der Waals surface area contributed by atoms with E-state index in [1.165, 1.54) is 30.1 Å². The SMILES string of the molecule is C=CC(=O)NC1CN(c2nn(C)cc2C2=CCC=C2)CC1Nc1ncc2c(n1)N(C)C(=O)N(c1c(Cl)c(OC)cc(OC)c1Cl)C2. The Balaban J connectivity index is 1.28. The maximum Gasteiger partial charge on any atom is 0.330 e. The molecule has 15 heteroatoms. The molecule has 0 radical (unpaired) electrons. The van der Waals surface area contributed by atoms with Crippen LogP contribution in [0, 0.1) is 0 Å². The molecule has 3 aromatic rings. The predicted molar refractivity (Wildman–Crippen MR) is 178 cm³/mol. The second-order valence-electron chi connectivity index (χ2n) is 11.0. The number of allylic oxidation sites excluding steroid dienone is 4. The summed E-state index contributed by atoms with van der Waals surface area (Å²) in [4.78, 5) is 40.4. The van der Waals surface area contributed by atoms with Crippen molar-refractivity contribution < 1.29 is 19.1 Å². The number of carbonyl (C=O) groups is 2. The van der Waals surface area contributed by atoms with Gasteiger partial charge in [0.05, 0.1) is 38.5 Å². The lowest BCUT2D eigenvalue weighted by Crippen LogP contribution is -2.47. The van der Waals surface area contributed by atoms with E-state index in [1.54, 1.807) is 24.0 Å². The lowest BCUT2D eigenvalue weighted by atomic mass is 10.1. The van der Waals surface area contributed by atoms with Crippen LogP contribution in [0.1, 0.15) is 17.5 Å². The van der Waals surface area contributed by atoms with E-state index in [4.69, 9.17) is 42.8 Å². The quantitative estimate of drug-likeness (QED) is 0.319. The van der Waals surface area contributed by atoms with Gasteiger partial charge in [0.2, 0.25) is 11.9 Å². The maximum absolute atomic E-state index is 13.7. The van der Waals surface area contributed by atoms with E-state index in [2.05, 4.69) is 45.3 Å². The van der Waals surface area contributed by atoms with Crippen molar-refractivity contribution in [3.8, 4) is 11.5 Å². The maximum atomic E-state index is 13.7. The van der Waals surface area contributed by atoms with Crippen molar-refractivity contribution in [3.05, 3.63) is 70.5 Å². The van der Waals surface area contributed by atoms with Crippen molar-refractivity contribution in [2.24, 2.45) is 7.05 Å². The van der Waals surface area contributed by atoms with Gasteiger partial charge in [0.25, 0.3) is 0 Å². The van der Waals surface area contributed by atoms with E-state index in [1.807, 2.05) is 13.2 Å². The Bertz CT molecular complexity index is 1760. The molecule has 2 aromatic heterocycles. The van der Waals surface area contributed by atoms with Crippen LogP contribution in [0.3, 0.4) is 0 Å². The fraction of sp³-hybridized carbons (Fsp3) is 0.323. The second-order valence-corrected chi connectivity index (χ2v) is 11.8. The zero-order valence-corrected chi connectivity index (χ0v) is 27.3. The molecule has 6 rings (SSSR count). The first-order valence-corrected chi connectivity index (χ1v) is 15.2. The molecular weight excluding hydrogens is 633 g/mol. The first-order valence-electron chi connectivity index (χ1n) is 14.5. The van der Waals surface area contributed by atoms with Crippen molar-refractivity contribution in [1.29, 1.82) is 0 Å². The number of aryl methyl sites for hydroxylation is 1. The predicted octanol–water partition coefficient (Wildman–Crippen LogP) is 4.43. The summed E-state index contributed by atoms with van der Waals surface area (Å²) in [5.41, 5.74) is 3.06. The number of aromatic nitrogens is 4. The van der Waals surface area contributed by atoms with Crippen LogP contribution in [-0.2, 0) is 18.4 Å². The van der Waals surface area contributed by atoms with Gasteiger partial charge in [-0.05, 0) is 18.1 Å². The lowest BCUT2D eigenvalue weighted by Gasteiger charge is -2.35. The number of rotatable bonds is 9. The molecule has 1 aliphatic carbocycles. The molecule has 2 aliphatic heterocycles. The number of halogens is 2. The molecule has 240 valence electrons. The summed E-state index contributed by atoms with van der Waals surface area (Å²) < 4.78 is 12.6. The van der Waals surface area contributed by atoms with E-state index in [-0.39, 0.29) is 40.3 Å². The minimum absolute atomic E-state index is 0.108. The van der Waals surface area contributed by atoms with Crippen molar-refractivity contribution in [1.82, 2.24) is 25.1 Å². The van der Waals surface area contributed by atoms with Gasteiger partial charge in [-0.1, -0.05) is 48.0 Å². The summed E-state index contributed by atoms with van der Waals surface area (Å²) in [5, 5.41) is 11.5. The van der Waals surface area contributed by atoms with Crippen LogP contribution in [0.15, 0.2) is 49.3 Å². The van der Waals surface area contributed by atoms with Crippen LogP contribution in [0.2, 0.25) is 10.0 Å². The minimum Gasteiger partial charge on any atom is -0.495 e. The molecule has 46 heavy (non-hydrogen) atoms. The van der Waals surface area contributed by atoms with Crippen LogP contribution in [-0.4, -0.2) is 78.1 Å². The smallest absolute Gasteiger partial charge is 0.330 e. The average molecular weight is 667 g/mol. The van der Waals surface area contributed by atoms with Crippen LogP contribution in [0.25, 0.3) is 5.57 Å². The van der Waals surface area contributed by atoms with E-state index in [0.29, 0.717) is 41.9 Å². The molecule has 1 aromatic carbocycles. The second kappa shape index (κ2) is 12.6. The number of urea groups is 1. The monoisotopic (exact) mass is 665 g/mol. The van der Waals surface area contributed by atoms with Gasteiger partial charge in [-0.25, -0.2) is 9.78 Å². The number of anilines is 4. The largest absolute Gasteiger partial charge is 0.495 e. The molecule has 0 saturated carbocycles. The van der Waals surface area contributed by atoms with Gasteiger partial charge in [0.1, 0.15) is 27.4 Å². The minimum atomic E-state index is -0.405. The molecule has 2 N–H and O–H groups in total. The fourth-order valence-electron chi connectivity index (χ4n) is 5.91. The zero-order valence-electron chi connectivity index (χ0n) is 25.8. The van der Waals surface area contributed by atoms with Gasteiger partial charge in [-0.2, -0.15) is 10.1 Å². The molecular formula is C31H33Cl2N9O4. The summed E-state index contributed by atoms with van der Waals surface area (Å²) >= 11 is 13.3. The third-order valence-electron chi connectivity index (χ3n) is 8.16. The van der Waals surface area contributed by atoms with Crippen molar-refractivity contribution in [3.63, 3.8) is 0 Å². The molecule has 0 spiro atoms. The third-order valence-corrected chi connectivity index (χ3v) is 8.90. The number of fused-ring (bicyclic) bond motifs is 1. The lowest BCUT2D eigenvalue weighted by molar-refractivity contribution is -0.117. The Morgan fingerprint density at radius 3 is 2.48 bits per heavy atom. The highest BCUT2D eigenvalue weighted by atomic mass is 35.5. The number of hydrogen-bond acceptors (Lipinski definition) is 9. The van der Waals surface area contributed by atoms with Gasteiger partial charge in [-0.3, -0.25) is 19.3 Å². The van der Waals surface area contributed by atoms with Gasteiger partial charge < -0.3 is 25.0 Å². The number of ether oxygens (including phenoxy) is 2. The van der Waals surface area contributed by atoms with Crippen molar-refractivity contribution in [2.45, 2.75) is 25.0 Å². The van der Waals surface area contributed by atoms with Crippen molar-refractivity contribution in [2.75, 3.05) is 54.4 Å². The Morgan fingerprint density at radius 2 is 1.83 bits per heavy atom. The molecule has 13 nitrogen and oxygen atoms in total. The summed E-state index contributed by atoms with van der Waals surface area (Å²) in [5.74, 6) is 1.89. The number of nitrogens with one attached hydrogen (secondary N) is 2. The number of nitrogens with zero attached hydrogens (tertiary/aromatic N) is 7. The molecule has 3 amide bonds. The molecule has 4 heterocycles. The van der Waals surface area contributed by atoms with E-state index < -0.39 is 6.03 Å². The zero-order chi connectivity index (χ0) is 32.7. The molecule has 0 bridgehead atoms. The third kappa shape index (κ3) is 5.60. The summed E-state index contributed by atoms with van der Waals surface area (Å²) in [7, 11) is 6.44. The number of amides is 3. The molecule has 2 atom stereocenters. The van der Waals surface area contributed by atoms with Gasteiger partial charge in [0, 0.05) is 56.8 Å². The first kappa shape index (κ1) is 31.2. The van der Waals surface area contributed by atoms with Crippen LogP contribution < -0.4 is 34.8 Å². The molecule has 1 saturated heterocycles. The Morgan fingerprint density at radius 1 is 1.11 bits per heavy atom. The highest BCUT2D eigenvalue weighted by Gasteiger charge is 2.38. The Hall–Kier alpha value is -4.75. The van der Waals surface area contributed by atoms with Crippen LogP contribution in [0.5, 0.6) is 11.5 Å². The molecule has 2 unspecified atom stereocenters. The number of carbonyl (C=O) groups excluding carboxylic acids is 2. The summed E-state index contributed by atoms with van der Waals surface area (Å²) in [6, 6.07) is 0.564. The Kier molecular flexibility index (Phi) is 8.53. The number of benzene rings is 1. The summed E-state index contributed by atoms with van der Waals surface area (Å²) in [6.45, 7) is 4.73. The normalized spacial score (nSPS) is 18.9. The molecule has 1 fully saturated rings. The van der Waals surface area contributed by atoms with E-state index >= 15 is 0 Å². The van der Waals surface area contributed by atoms with Crippen LogP contribution >= 0.6 is 23.2 Å². The highest BCUT2D eigenvalue weighted by molar-refractivity contribution is 6.42. The Labute approximate surface area is 276 Å². The van der Waals surface area contributed by atoms with E-state index in [9.17, 15) is 9.59 Å². The topological polar surface area (TPSA) is 130 Å². The number of methoxy groups -OCH3 is 2. The number of hydrogen-bond donors (Lipinski definition) is 2.